The van der Waals surface area contributed by atoms with Gasteiger partial charge in [-0.3, -0.25) is 0 Å². The predicted molar refractivity (Wildman–Crippen MR) is 62.4 cm³/mol. The van der Waals surface area contributed by atoms with Gasteiger partial charge in [0.05, 0.1) is 6.61 Å². The molecule has 0 saturated carbocycles. The molecule has 0 amide bonds. The van der Waals surface area contributed by atoms with Gasteiger partial charge in [0.1, 0.15) is 5.75 Å². The average molecular weight is 205 g/mol. The lowest BCUT2D eigenvalue weighted by molar-refractivity contribution is 0.258. The first-order valence-corrected chi connectivity index (χ1v) is 5.66. The summed E-state index contributed by atoms with van der Waals surface area (Å²) in [6, 6.07) is 6.35. The second kappa shape index (κ2) is 4.67. The highest BCUT2D eigenvalue weighted by atomic mass is 16.5. The molecular weight excluding hydrogens is 186 g/mol. The number of rotatable bonds is 3. The van der Waals surface area contributed by atoms with Crippen LogP contribution in [0.25, 0.3) is 0 Å². The monoisotopic (exact) mass is 205 g/mol. The van der Waals surface area contributed by atoms with Crippen LogP contribution >= 0.6 is 0 Å². The van der Waals surface area contributed by atoms with Gasteiger partial charge in [0.25, 0.3) is 0 Å². The van der Waals surface area contributed by atoms with Crippen molar-refractivity contribution >= 4 is 0 Å². The van der Waals surface area contributed by atoms with E-state index in [1.54, 1.807) is 0 Å². The third-order valence-electron chi connectivity index (χ3n) is 2.97. The van der Waals surface area contributed by atoms with Crippen LogP contribution in [0.4, 0.5) is 0 Å². The van der Waals surface area contributed by atoms with E-state index in [4.69, 9.17) is 4.74 Å². The summed E-state index contributed by atoms with van der Waals surface area (Å²) in [5.74, 6) is 1.72. The standard InChI is InChI=1S/C13H19NO/c1-10-3-4-13(11(2)7-10)15-9-12-5-6-14-8-12/h3-4,7,12,14H,5-6,8-9H2,1-2H3/t12-/m0/s1. The smallest absolute Gasteiger partial charge is 0.122 e. The summed E-state index contributed by atoms with van der Waals surface area (Å²) < 4.78 is 5.84. The molecule has 0 aromatic heterocycles. The highest BCUT2D eigenvalue weighted by Gasteiger charge is 2.15. The first-order chi connectivity index (χ1) is 7.25. The largest absolute Gasteiger partial charge is 0.493 e. The van der Waals surface area contributed by atoms with Gasteiger partial charge in [0.2, 0.25) is 0 Å². The molecular formula is C13H19NO. The molecule has 1 N–H and O–H groups in total. The van der Waals surface area contributed by atoms with Crippen molar-refractivity contribution in [2.75, 3.05) is 19.7 Å². The average Bonchev–Trinajstić information content (AvgIpc) is 2.69. The normalized spacial score (nSPS) is 20.5. The number of hydrogen-bond acceptors (Lipinski definition) is 2. The topological polar surface area (TPSA) is 21.3 Å². The molecule has 2 nitrogen and oxygen atoms in total. The van der Waals surface area contributed by atoms with E-state index >= 15 is 0 Å². The van der Waals surface area contributed by atoms with Crippen LogP contribution in [0.5, 0.6) is 5.75 Å². The van der Waals surface area contributed by atoms with Crippen molar-refractivity contribution in [1.29, 1.82) is 0 Å². The summed E-state index contributed by atoms with van der Waals surface area (Å²) in [7, 11) is 0. The number of nitrogens with one attached hydrogen (secondary N) is 1. The van der Waals surface area contributed by atoms with Crippen molar-refractivity contribution in [3.8, 4) is 5.75 Å². The Morgan fingerprint density at radius 3 is 2.93 bits per heavy atom. The molecule has 1 heterocycles. The number of aryl methyl sites for hydroxylation is 2. The Bertz CT molecular complexity index is 329. The van der Waals surface area contributed by atoms with E-state index in [-0.39, 0.29) is 0 Å². The Hall–Kier alpha value is -1.02. The van der Waals surface area contributed by atoms with Crippen molar-refractivity contribution in [2.24, 2.45) is 5.92 Å². The first-order valence-electron chi connectivity index (χ1n) is 5.66. The summed E-state index contributed by atoms with van der Waals surface area (Å²) in [4.78, 5) is 0. The molecule has 1 fully saturated rings. The Morgan fingerprint density at radius 2 is 2.27 bits per heavy atom. The molecule has 0 aliphatic carbocycles. The molecule has 1 aromatic rings. The van der Waals surface area contributed by atoms with E-state index in [2.05, 4.69) is 37.4 Å². The summed E-state index contributed by atoms with van der Waals surface area (Å²) >= 11 is 0. The van der Waals surface area contributed by atoms with Crippen LogP contribution in [0.1, 0.15) is 17.5 Å². The van der Waals surface area contributed by atoms with Gasteiger partial charge >= 0.3 is 0 Å². The minimum atomic E-state index is 0.686. The van der Waals surface area contributed by atoms with Crippen molar-refractivity contribution in [3.05, 3.63) is 29.3 Å². The fourth-order valence-corrected chi connectivity index (χ4v) is 2.03. The van der Waals surface area contributed by atoms with Gasteiger partial charge < -0.3 is 10.1 Å². The summed E-state index contributed by atoms with van der Waals surface area (Å²) in [5.41, 5.74) is 2.53. The van der Waals surface area contributed by atoms with Crippen molar-refractivity contribution in [1.82, 2.24) is 5.32 Å². The van der Waals surface area contributed by atoms with Crippen molar-refractivity contribution in [2.45, 2.75) is 20.3 Å². The Labute approximate surface area is 91.6 Å². The highest BCUT2D eigenvalue weighted by molar-refractivity contribution is 5.35. The van der Waals surface area contributed by atoms with Crippen LogP contribution in [0.15, 0.2) is 18.2 Å². The Morgan fingerprint density at radius 1 is 1.40 bits per heavy atom. The zero-order valence-electron chi connectivity index (χ0n) is 9.55. The van der Waals surface area contributed by atoms with E-state index in [1.807, 2.05) is 0 Å². The van der Waals surface area contributed by atoms with E-state index in [1.165, 1.54) is 17.5 Å². The fraction of sp³-hybridized carbons (Fsp3) is 0.538. The maximum Gasteiger partial charge on any atom is 0.122 e. The predicted octanol–water partition coefficient (Wildman–Crippen LogP) is 2.29. The minimum Gasteiger partial charge on any atom is -0.493 e. The van der Waals surface area contributed by atoms with Gasteiger partial charge in [0, 0.05) is 12.5 Å². The molecule has 0 bridgehead atoms. The van der Waals surface area contributed by atoms with Gasteiger partial charge in [0.15, 0.2) is 0 Å². The SMILES string of the molecule is Cc1ccc(OC[C@H]2CCNC2)c(C)c1. The lowest BCUT2D eigenvalue weighted by Crippen LogP contribution is -2.15. The maximum absolute atomic E-state index is 5.84. The molecule has 2 heteroatoms. The van der Waals surface area contributed by atoms with E-state index < -0.39 is 0 Å². The van der Waals surface area contributed by atoms with Gasteiger partial charge in [-0.05, 0) is 38.4 Å². The number of ether oxygens (including phenoxy) is 1. The van der Waals surface area contributed by atoms with Crippen LogP contribution in [-0.2, 0) is 0 Å². The van der Waals surface area contributed by atoms with Crippen molar-refractivity contribution in [3.63, 3.8) is 0 Å². The second-order valence-electron chi connectivity index (χ2n) is 4.44. The fourth-order valence-electron chi connectivity index (χ4n) is 2.03. The van der Waals surface area contributed by atoms with Gasteiger partial charge in [-0.15, -0.1) is 0 Å². The van der Waals surface area contributed by atoms with Crippen molar-refractivity contribution < 1.29 is 4.74 Å². The Kier molecular flexibility index (Phi) is 3.27. The summed E-state index contributed by atoms with van der Waals surface area (Å²) in [5, 5.41) is 3.35. The lowest BCUT2D eigenvalue weighted by atomic mass is 10.1. The zero-order valence-corrected chi connectivity index (χ0v) is 9.55. The van der Waals surface area contributed by atoms with Gasteiger partial charge in [-0.1, -0.05) is 17.7 Å². The summed E-state index contributed by atoms with van der Waals surface area (Å²) in [6.45, 7) is 7.30. The lowest BCUT2D eigenvalue weighted by Gasteiger charge is -2.13. The van der Waals surface area contributed by atoms with Gasteiger partial charge in [-0.25, -0.2) is 0 Å². The van der Waals surface area contributed by atoms with Crippen LogP contribution in [-0.4, -0.2) is 19.7 Å². The molecule has 1 saturated heterocycles. The number of hydrogen-bond donors (Lipinski definition) is 1. The summed E-state index contributed by atoms with van der Waals surface area (Å²) in [6.07, 6.45) is 1.24. The molecule has 1 aliphatic heterocycles. The van der Waals surface area contributed by atoms with E-state index in [0.717, 1.165) is 25.4 Å². The Balaban J connectivity index is 1.92. The molecule has 1 aromatic carbocycles. The van der Waals surface area contributed by atoms with Crippen LogP contribution < -0.4 is 10.1 Å². The zero-order chi connectivity index (χ0) is 10.7. The molecule has 15 heavy (non-hydrogen) atoms. The van der Waals surface area contributed by atoms with Gasteiger partial charge in [-0.2, -0.15) is 0 Å². The van der Waals surface area contributed by atoms with E-state index in [0.29, 0.717) is 5.92 Å². The molecule has 0 spiro atoms. The quantitative estimate of drug-likeness (QED) is 0.817. The van der Waals surface area contributed by atoms with E-state index in [9.17, 15) is 0 Å². The molecule has 0 radical (unpaired) electrons. The van der Waals surface area contributed by atoms with Crippen LogP contribution in [0.2, 0.25) is 0 Å². The maximum atomic E-state index is 5.84. The molecule has 82 valence electrons. The van der Waals surface area contributed by atoms with Crippen LogP contribution in [0, 0.1) is 19.8 Å². The first kappa shape index (κ1) is 10.5. The van der Waals surface area contributed by atoms with Crippen LogP contribution in [0.3, 0.4) is 0 Å². The minimum absolute atomic E-state index is 0.686. The third kappa shape index (κ3) is 2.72. The second-order valence-corrected chi connectivity index (χ2v) is 4.44. The third-order valence-corrected chi connectivity index (χ3v) is 2.97. The molecule has 1 aliphatic rings. The molecule has 0 unspecified atom stereocenters. The molecule has 2 rings (SSSR count). The highest BCUT2D eigenvalue weighted by Crippen LogP contribution is 2.20. The number of benzene rings is 1. The molecule has 1 atom stereocenters.